The molecule has 1 saturated heterocycles. The Kier molecular flexibility index (Phi) is 5.94. The van der Waals surface area contributed by atoms with Crippen molar-refractivity contribution in [3.8, 4) is 0 Å². The Morgan fingerprint density at radius 2 is 2.00 bits per heavy atom. The van der Waals surface area contributed by atoms with Crippen molar-refractivity contribution < 1.29 is 34.7 Å². The van der Waals surface area contributed by atoms with Gasteiger partial charge in [-0.15, -0.1) is 0 Å². The summed E-state index contributed by atoms with van der Waals surface area (Å²) in [6.07, 6.45) is -1.50. The molecule has 0 aromatic heterocycles. The van der Waals surface area contributed by atoms with E-state index in [-0.39, 0.29) is 5.92 Å². The van der Waals surface area contributed by atoms with Gasteiger partial charge in [0.15, 0.2) is 6.29 Å². The molecule has 6 atom stereocenters. The lowest BCUT2D eigenvalue weighted by molar-refractivity contribution is -0.328. The van der Waals surface area contributed by atoms with Crippen LogP contribution >= 0.6 is 0 Å². The van der Waals surface area contributed by atoms with Crippen LogP contribution in [-0.2, 0) is 14.3 Å². The highest BCUT2D eigenvalue weighted by molar-refractivity contribution is 5.73. The number of carbonyl (C=O) groups is 1. The first-order chi connectivity index (χ1) is 10.8. The van der Waals surface area contributed by atoms with E-state index in [1.54, 1.807) is 0 Å². The topological polar surface area (TPSA) is 116 Å². The summed E-state index contributed by atoms with van der Waals surface area (Å²) >= 11 is 0. The van der Waals surface area contributed by atoms with Crippen LogP contribution in [0.4, 0.5) is 0 Å². The van der Waals surface area contributed by atoms with Gasteiger partial charge in [0.25, 0.3) is 0 Å². The smallest absolute Gasteiger partial charge is 0.187 e. The predicted molar refractivity (Wildman–Crippen MR) is 80.4 cm³/mol. The van der Waals surface area contributed by atoms with E-state index in [4.69, 9.17) is 9.47 Å². The minimum atomic E-state index is -1.45. The number of hydrogen-bond acceptors (Lipinski definition) is 7. The zero-order chi connectivity index (χ0) is 17.2. The Bertz CT molecular complexity index is 446. The van der Waals surface area contributed by atoms with Gasteiger partial charge in [0.1, 0.15) is 30.7 Å². The zero-order valence-electron chi connectivity index (χ0n) is 13.5. The second-order valence-corrected chi connectivity index (χ2v) is 6.79. The molecule has 0 bridgehead atoms. The highest BCUT2D eigenvalue weighted by atomic mass is 16.7. The molecule has 2 rings (SSSR count). The lowest BCUT2D eigenvalue weighted by Crippen LogP contribution is -2.60. The van der Waals surface area contributed by atoms with Crippen molar-refractivity contribution in [2.75, 3.05) is 6.61 Å². The molecular formula is C16H26O7. The van der Waals surface area contributed by atoms with Crippen LogP contribution in [0.3, 0.4) is 0 Å². The van der Waals surface area contributed by atoms with E-state index < -0.39 is 42.9 Å². The molecule has 1 aliphatic carbocycles. The fourth-order valence-electron chi connectivity index (χ4n) is 3.15. The molecule has 7 heteroatoms. The third-order valence-corrected chi connectivity index (χ3v) is 4.85. The van der Waals surface area contributed by atoms with Gasteiger partial charge in [-0.3, -0.25) is 4.79 Å². The van der Waals surface area contributed by atoms with E-state index in [0.29, 0.717) is 12.8 Å². The summed E-state index contributed by atoms with van der Waals surface area (Å²) < 4.78 is 11.3. The molecule has 1 aliphatic heterocycles. The number of allylic oxidation sites excluding steroid dienone is 2. The minimum Gasteiger partial charge on any atom is -0.394 e. The molecule has 6 unspecified atom stereocenters. The zero-order valence-corrected chi connectivity index (χ0v) is 13.5. The van der Waals surface area contributed by atoms with E-state index in [9.17, 15) is 25.2 Å². The molecule has 23 heavy (non-hydrogen) atoms. The second kappa shape index (κ2) is 7.38. The first kappa shape index (κ1) is 18.5. The summed E-state index contributed by atoms with van der Waals surface area (Å²) in [6, 6.07) is 0. The summed E-state index contributed by atoms with van der Waals surface area (Å²) in [5.74, 6) is 0.124. The molecule has 0 radical (unpaired) electrons. The van der Waals surface area contributed by atoms with Crippen LogP contribution in [0.25, 0.3) is 0 Å². The average Bonchev–Trinajstić information content (AvgIpc) is 2.55. The number of rotatable bonds is 5. The molecular weight excluding hydrogens is 304 g/mol. The summed E-state index contributed by atoms with van der Waals surface area (Å²) in [5.41, 5.74) is 0.114. The fourth-order valence-corrected chi connectivity index (χ4v) is 3.15. The van der Waals surface area contributed by atoms with Gasteiger partial charge < -0.3 is 29.9 Å². The van der Waals surface area contributed by atoms with Crippen LogP contribution in [0.2, 0.25) is 0 Å². The first-order valence-electron chi connectivity index (χ1n) is 7.92. The SMILES string of the molecule is CC(C)(OC1OC(CO)C(O)C(O)C1O)C1CC=C(C=O)CC1. The minimum absolute atomic E-state index is 0.124. The molecule has 0 amide bonds. The Labute approximate surface area is 135 Å². The average molecular weight is 330 g/mol. The molecule has 1 heterocycles. The number of aliphatic hydroxyl groups excluding tert-OH is 4. The maximum atomic E-state index is 10.8. The number of ether oxygens (including phenoxy) is 2. The Morgan fingerprint density at radius 3 is 2.52 bits per heavy atom. The van der Waals surface area contributed by atoms with E-state index in [2.05, 4.69) is 0 Å². The predicted octanol–water partition coefficient (Wildman–Crippen LogP) is -0.493. The maximum Gasteiger partial charge on any atom is 0.187 e. The summed E-state index contributed by atoms with van der Waals surface area (Å²) in [6.45, 7) is 3.23. The standard InChI is InChI=1S/C16H26O7/c1-16(2,10-5-3-9(7-17)4-6-10)23-15-14(21)13(20)12(19)11(8-18)22-15/h3,7,10-15,18-21H,4-6,8H2,1-2H3. The van der Waals surface area contributed by atoms with E-state index in [0.717, 1.165) is 18.3 Å². The third-order valence-electron chi connectivity index (χ3n) is 4.85. The molecule has 0 aromatic carbocycles. The van der Waals surface area contributed by atoms with Crippen LogP contribution in [0, 0.1) is 5.92 Å². The maximum absolute atomic E-state index is 10.8. The van der Waals surface area contributed by atoms with Crippen molar-refractivity contribution in [2.24, 2.45) is 5.92 Å². The normalized spacial score (nSPS) is 39.0. The Balaban J connectivity index is 2.04. The van der Waals surface area contributed by atoms with Gasteiger partial charge in [-0.25, -0.2) is 0 Å². The van der Waals surface area contributed by atoms with Crippen molar-refractivity contribution in [2.45, 2.75) is 69.4 Å². The van der Waals surface area contributed by atoms with Crippen LogP contribution in [0.1, 0.15) is 33.1 Å². The molecule has 0 aromatic rings. The highest BCUT2D eigenvalue weighted by Crippen LogP contribution is 2.36. The number of aliphatic hydroxyl groups is 4. The number of carbonyl (C=O) groups excluding carboxylic acids is 1. The van der Waals surface area contributed by atoms with Crippen LogP contribution in [0.15, 0.2) is 11.6 Å². The molecule has 4 N–H and O–H groups in total. The van der Waals surface area contributed by atoms with E-state index in [1.807, 2.05) is 19.9 Å². The van der Waals surface area contributed by atoms with Crippen molar-refractivity contribution >= 4 is 6.29 Å². The lowest BCUT2D eigenvalue weighted by Gasteiger charge is -2.45. The van der Waals surface area contributed by atoms with E-state index >= 15 is 0 Å². The van der Waals surface area contributed by atoms with Gasteiger partial charge in [-0.1, -0.05) is 6.08 Å². The van der Waals surface area contributed by atoms with Gasteiger partial charge in [0, 0.05) is 0 Å². The van der Waals surface area contributed by atoms with Crippen molar-refractivity contribution in [3.05, 3.63) is 11.6 Å². The van der Waals surface area contributed by atoms with Crippen LogP contribution < -0.4 is 0 Å². The summed E-state index contributed by atoms with van der Waals surface area (Å²) in [5, 5.41) is 38.9. The van der Waals surface area contributed by atoms with Gasteiger partial charge in [-0.2, -0.15) is 0 Å². The van der Waals surface area contributed by atoms with Crippen molar-refractivity contribution in [3.63, 3.8) is 0 Å². The molecule has 0 saturated carbocycles. The lowest BCUT2D eigenvalue weighted by atomic mass is 9.79. The molecule has 1 fully saturated rings. The fraction of sp³-hybridized carbons (Fsp3) is 0.812. The quantitative estimate of drug-likeness (QED) is 0.502. The molecule has 132 valence electrons. The van der Waals surface area contributed by atoms with Gasteiger partial charge in [-0.05, 0) is 44.6 Å². The van der Waals surface area contributed by atoms with Crippen molar-refractivity contribution in [1.29, 1.82) is 0 Å². The van der Waals surface area contributed by atoms with Crippen LogP contribution in [0.5, 0.6) is 0 Å². The Morgan fingerprint density at radius 1 is 1.30 bits per heavy atom. The largest absolute Gasteiger partial charge is 0.394 e. The molecule has 2 aliphatic rings. The molecule has 7 nitrogen and oxygen atoms in total. The van der Waals surface area contributed by atoms with Gasteiger partial charge in [0.05, 0.1) is 12.2 Å². The number of hydrogen-bond donors (Lipinski definition) is 4. The third kappa shape index (κ3) is 3.99. The van der Waals surface area contributed by atoms with E-state index in [1.165, 1.54) is 0 Å². The van der Waals surface area contributed by atoms with Gasteiger partial charge >= 0.3 is 0 Å². The summed E-state index contributed by atoms with van der Waals surface area (Å²) in [4.78, 5) is 10.8. The number of aldehydes is 1. The first-order valence-corrected chi connectivity index (χ1v) is 7.92. The van der Waals surface area contributed by atoms with Crippen molar-refractivity contribution in [1.82, 2.24) is 0 Å². The molecule has 0 spiro atoms. The summed E-state index contributed by atoms with van der Waals surface area (Å²) in [7, 11) is 0. The second-order valence-electron chi connectivity index (χ2n) is 6.79. The monoisotopic (exact) mass is 330 g/mol. The van der Waals surface area contributed by atoms with Crippen LogP contribution in [-0.4, -0.2) is 69.6 Å². The Hall–Kier alpha value is -0.830. The van der Waals surface area contributed by atoms with Gasteiger partial charge in [0.2, 0.25) is 0 Å². The highest BCUT2D eigenvalue weighted by Gasteiger charge is 2.46.